The first-order chi connectivity index (χ1) is 9.63. The third kappa shape index (κ3) is 3.63. The molecule has 110 valence electrons. The lowest BCUT2D eigenvalue weighted by atomic mass is 9.98. The fraction of sp³-hybridized carbons (Fsp3) is 0.533. The Morgan fingerprint density at radius 3 is 3.05 bits per heavy atom. The number of amides is 1. The first-order valence-electron chi connectivity index (χ1n) is 7.07. The van der Waals surface area contributed by atoms with Gasteiger partial charge < -0.3 is 15.3 Å². The fourth-order valence-electron chi connectivity index (χ4n) is 2.71. The highest BCUT2D eigenvalue weighted by molar-refractivity contribution is 14.1. The molecule has 0 saturated carbocycles. The van der Waals surface area contributed by atoms with Crippen molar-refractivity contribution in [2.75, 3.05) is 20.1 Å². The van der Waals surface area contributed by atoms with Crippen LogP contribution in [0, 0.1) is 3.57 Å². The lowest BCUT2D eigenvalue weighted by Gasteiger charge is -2.36. The summed E-state index contributed by atoms with van der Waals surface area (Å²) >= 11 is 2.16. The topological polar surface area (TPSA) is 52.6 Å². The van der Waals surface area contributed by atoms with Gasteiger partial charge in [-0.1, -0.05) is 0 Å². The number of likely N-dealkylation sites (tertiary alicyclic amines) is 1. The summed E-state index contributed by atoms with van der Waals surface area (Å²) < 4.78 is 0.965. The fourth-order valence-corrected chi connectivity index (χ4v) is 3.20. The number of carbonyl (C=O) groups excluding carboxylic acids is 1. The predicted molar refractivity (Wildman–Crippen MR) is 88.0 cm³/mol. The molecule has 1 aromatic rings. The number of benzene rings is 1. The van der Waals surface area contributed by atoms with Crippen LogP contribution in [-0.2, 0) is 0 Å². The second kappa shape index (κ2) is 7.26. The summed E-state index contributed by atoms with van der Waals surface area (Å²) in [6.45, 7) is 1.70. The lowest BCUT2D eigenvalue weighted by Crippen LogP contribution is -2.44. The molecule has 1 aromatic carbocycles. The van der Waals surface area contributed by atoms with E-state index < -0.39 is 0 Å². The minimum Gasteiger partial charge on any atom is -0.507 e. The average molecular weight is 388 g/mol. The minimum atomic E-state index is -0.0400. The Labute approximate surface area is 133 Å². The third-order valence-corrected chi connectivity index (χ3v) is 4.48. The van der Waals surface area contributed by atoms with E-state index in [1.165, 1.54) is 6.42 Å². The summed E-state index contributed by atoms with van der Waals surface area (Å²) in [5.41, 5.74) is 0.424. The Morgan fingerprint density at radius 1 is 1.50 bits per heavy atom. The monoisotopic (exact) mass is 388 g/mol. The number of nitrogens with one attached hydrogen (secondary N) is 1. The molecular formula is C15H21IN2O2. The summed E-state index contributed by atoms with van der Waals surface area (Å²) in [5, 5.41) is 13.1. The second-order valence-electron chi connectivity index (χ2n) is 5.20. The van der Waals surface area contributed by atoms with Crippen molar-refractivity contribution in [1.82, 2.24) is 10.2 Å². The van der Waals surface area contributed by atoms with Gasteiger partial charge in [0.15, 0.2) is 0 Å². The highest BCUT2D eigenvalue weighted by Crippen LogP contribution is 2.26. The van der Waals surface area contributed by atoms with Crippen LogP contribution in [-0.4, -0.2) is 42.1 Å². The van der Waals surface area contributed by atoms with Gasteiger partial charge in [-0.25, -0.2) is 0 Å². The van der Waals surface area contributed by atoms with Crippen LogP contribution in [0.15, 0.2) is 18.2 Å². The molecule has 1 fully saturated rings. The quantitative estimate of drug-likeness (QED) is 0.780. The number of phenolic OH excluding ortho intramolecular Hbond substituents is 1. The van der Waals surface area contributed by atoms with Crippen LogP contribution in [0.25, 0.3) is 0 Å². The first kappa shape index (κ1) is 15.6. The van der Waals surface area contributed by atoms with Crippen LogP contribution >= 0.6 is 22.6 Å². The van der Waals surface area contributed by atoms with Crippen LogP contribution in [0.2, 0.25) is 0 Å². The smallest absolute Gasteiger partial charge is 0.257 e. The zero-order valence-electron chi connectivity index (χ0n) is 11.7. The van der Waals surface area contributed by atoms with Crippen LogP contribution in [0.3, 0.4) is 0 Å². The van der Waals surface area contributed by atoms with Crippen molar-refractivity contribution in [3.05, 3.63) is 27.3 Å². The zero-order valence-corrected chi connectivity index (χ0v) is 13.9. The number of hydrogen-bond donors (Lipinski definition) is 2. The van der Waals surface area contributed by atoms with E-state index in [1.54, 1.807) is 18.2 Å². The average Bonchev–Trinajstić information content (AvgIpc) is 2.47. The molecule has 2 rings (SSSR count). The summed E-state index contributed by atoms with van der Waals surface area (Å²) in [7, 11) is 1.93. The van der Waals surface area contributed by atoms with Gasteiger partial charge in [-0.15, -0.1) is 0 Å². The molecule has 5 heteroatoms. The summed E-state index contributed by atoms with van der Waals surface area (Å²) in [6.07, 6.45) is 4.24. The van der Waals surface area contributed by atoms with Gasteiger partial charge >= 0.3 is 0 Å². The van der Waals surface area contributed by atoms with Gasteiger partial charge in [0.1, 0.15) is 5.75 Å². The number of carbonyl (C=O) groups is 1. The van der Waals surface area contributed by atoms with E-state index in [9.17, 15) is 9.90 Å². The Morgan fingerprint density at radius 2 is 2.30 bits per heavy atom. The molecule has 4 nitrogen and oxygen atoms in total. The van der Waals surface area contributed by atoms with Crippen LogP contribution in [0.1, 0.15) is 36.0 Å². The lowest BCUT2D eigenvalue weighted by molar-refractivity contribution is 0.0599. The van der Waals surface area contributed by atoms with Gasteiger partial charge in [-0.05, 0) is 80.1 Å². The van der Waals surface area contributed by atoms with Crippen LogP contribution < -0.4 is 5.32 Å². The van der Waals surface area contributed by atoms with E-state index in [4.69, 9.17) is 0 Å². The maximum atomic E-state index is 12.7. The van der Waals surface area contributed by atoms with E-state index >= 15 is 0 Å². The van der Waals surface area contributed by atoms with Crippen molar-refractivity contribution >= 4 is 28.5 Å². The molecule has 20 heavy (non-hydrogen) atoms. The molecule has 1 unspecified atom stereocenters. The summed E-state index contributed by atoms with van der Waals surface area (Å²) in [5.74, 6) is 0.0372. The van der Waals surface area contributed by atoms with E-state index in [2.05, 4.69) is 27.9 Å². The largest absolute Gasteiger partial charge is 0.507 e. The van der Waals surface area contributed by atoms with Gasteiger partial charge in [0.05, 0.1) is 5.56 Å². The van der Waals surface area contributed by atoms with Gasteiger partial charge in [-0.3, -0.25) is 4.79 Å². The highest BCUT2D eigenvalue weighted by Gasteiger charge is 2.28. The molecular weight excluding hydrogens is 367 g/mol. The zero-order chi connectivity index (χ0) is 14.5. The van der Waals surface area contributed by atoms with Crippen LogP contribution in [0.4, 0.5) is 0 Å². The molecule has 0 bridgehead atoms. The van der Waals surface area contributed by atoms with E-state index in [-0.39, 0.29) is 17.7 Å². The molecule has 1 atom stereocenters. The van der Waals surface area contributed by atoms with Crippen molar-refractivity contribution in [3.63, 3.8) is 0 Å². The van der Waals surface area contributed by atoms with Gasteiger partial charge in [0.25, 0.3) is 5.91 Å². The molecule has 1 saturated heterocycles. The number of hydrogen-bond acceptors (Lipinski definition) is 3. The molecule has 1 amide bonds. The Kier molecular flexibility index (Phi) is 5.65. The minimum absolute atomic E-state index is 0.0400. The first-order valence-corrected chi connectivity index (χ1v) is 8.15. The Hall–Kier alpha value is -0.820. The molecule has 1 aliphatic rings. The highest BCUT2D eigenvalue weighted by atomic mass is 127. The number of nitrogens with zero attached hydrogens (tertiary/aromatic N) is 1. The van der Waals surface area contributed by atoms with Crippen LogP contribution in [0.5, 0.6) is 5.75 Å². The Bertz CT molecular complexity index is 479. The number of rotatable bonds is 4. The number of phenols is 1. The Balaban J connectivity index is 2.18. The molecule has 2 N–H and O–H groups in total. The molecule has 0 radical (unpaired) electrons. The van der Waals surface area contributed by atoms with Crippen molar-refractivity contribution in [2.45, 2.75) is 31.7 Å². The number of aromatic hydroxyl groups is 1. The number of piperidine rings is 1. The van der Waals surface area contributed by atoms with E-state index in [0.717, 1.165) is 35.9 Å². The van der Waals surface area contributed by atoms with Crippen molar-refractivity contribution in [1.29, 1.82) is 0 Å². The molecule has 1 aliphatic heterocycles. The van der Waals surface area contributed by atoms with Gasteiger partial charge in [-0.2, -0.15) is 0 Å². The standard InChI is InChI=1S/C15H21IN2O2/c1-17-8-7-12-4-2-3-9-18(12)15(20)13-10-11(16)5-6-14(13)19/h5-6,10,12,17,19H,2-4,7-9H2,1H3. The second-order valence-corrected chi connectivity index (χ2v) is 6.45. The number of halogens is 1. The molecule has 0 spiro atoms. The predicted octanol–water partition coefficient (Wildman–Crippen LogP) is 2.60. The molecule has 0 aromatic heterocycles. The van der Waals surface area contributed by atoms with Gasteiger partial charge in [0, 0.05) is 16.2 Å². The summed E-state index contributed by atoms with van der Waals surface area (Å²) in [4.78, 5) is 14.6. The summed E-state index contributed by atoms with van der Waals surface area (Å²) in [6, 6.07) is 5.45. The maximum Gasteiger partial charge on any atom is 0.257 e. The van der Waals surface area contributed by atoms with E-state index in [0.29, 0.717) is 5.56 Å². The van der Waals surface area contributed by atoms with Crippen molar-refractivity contribution in [2.24, 2.45) is 0 Å². The molecule has 1 heterocycles. The normalized spacial score (nSPS) is 19.1. The molecule has 0 aliphatic carbocycles. The van der Waals surface area contributed by atoms with E-state index in [1.807, 2.05) is 11.9 Å². The van der Waals surface area contributed by atoms with Crippen molar-refractivity contribution in [3.8, 4) is 5.75 Å². The van der Waals surface area contributed by atoms with Gasteiger partial charge in [0.2, 0.25) is 0 Å². The third-order valence-electron chi connectivity index (χ3n) is 3.80. The maximum absolute atomic E-state index is 12.7. The van der Waals surface area contributed by atoms with Crippen molar-refractivity contribution < 1.29 is 9.90 Å². The SMILES string of the molecule is CNCCC1CCCCN1C(=O)c1cc(I)ccc1O.